The molecule has 0 N–H and O–H groups in total. The van der Waals surface area contributed by atoms with Gasteiger partial charge in [0.05, 0.1) is 5.52 Å². The molecule has 130 valence electrons. The lowest BCUT2D eigenvalue weighted by Crippen LogP contribution is -2.52. The Labute approximate surface area is 154 Å². The third kappa shape index (κ3) is 3.02. The van der Waals surface area contributed by atoms with Crippen molar-refractivity contribution in [3.63, 3.8) is 0 Å². The minimum absolute atomic E-state index is 0.209. The molecule has 0 amide bonds. The molecule has 4 rings (SSSR count). The number of rotatable bonds is 5. The Morgan fingerprint density at radius 1 is 0.808 bits per heavy atom. The number of hydrogen-bond donors (Lipinski definition) is 0. The van der Waals surface area contributed by atoms with Crippen LogP contribution in [0.4, 0.5) is 0 Å². The monoisotopic (exact) mass is 359 g/mol. The van der Waals surface area contributed by atoms with Gasteiger partial charge >= 0.3 is 0 Å². The van der Waals surface area contributed by atoms with Crippen molar-refractivity contribution in [1.29, 1.82) is 0 Å². The van der Waals surface area contributed by atoms with E-state index in [4.69, 9.17) is 4.74 Å². The molecule has 0 fully saturated rings. The van der Waals surface area contributed by atoms with Crippen LogP contribution in [-0.2, 0) is 0 Å². The first kappa shape index (κ1) is 16.5. The van der Waals surface area contributed by atoms with E-state index in [1.807, 2.05) is 65.3 Å². The molecule has 0 aliphatic carbocycles. The number of aromatic nitrogens is 3. The van der Waals surface area contributed by atoms with E-state index >= 15 is 0 Å². The zero-order valence-corrected chi connectivity index (χ0v) is 15.9. The van der Waals surface area contributed by atoms with E-state index in [2.05, 4.69) is 47.7 Å². The van der Waals surface area contributed by atoms with Gasteiger partial charge in [0.25, 0.3) is 0 Å². The van der Waals surface area contributed by atoms with E-state index in [9.17, 15) is 0 Å². The molecule has 1 atom stereocenters. The Kier molecular flexibility index (Phi) is 4.30. The predicted octanol–water partition coefficient (Wildman–Crippen LogP) is 4.16. The minimum atomic E-state index is -2.08. The Morgan fingerprint density at radius 3 is 2.15 bits per heavy atom. The summed E-state index contributed by atoms with van der Waals surface area (Å²) >= 11 is 0. The topological polar surface area (TPSA) is 39.9 Å². The Morgan fingerprint density at radius 2 is 1.42 bits per heavy atom. The van der Waals surface area contributed by atoms with E-state index in [0.29, 0.717) is 0 Å². The number of ether oxygens (including phenoxy) is 1. The van der Waals surface area contributed by atoms with Crippen LogP contribution >= 0.6 is 0 Å². The molecule has 5 heteroatoms. The van der Waals surface area contributed by atoms with Crippen molar-refractivity contribution in [2.45, 2.75) is 18.9 Å². The molecule has 0 bridgehead atoms. The van der Waals surface area contributed by atoms with Crippen molar-refractivity contribution in [3.8, 4) is 5.75 Å². The molecule has 4 aromatic rings. The SMILES string of the molecule is C[Si](C)(c1ccccc1)C(Oc1ccccc1)n1nnc2ccccc21. The van der Waals surface area contributed by atoms with Gasteiger partial charge in [-0.2, -0.15) is 0 Å². The molecule has 3 aromatic carbocycles. The third-order valence-electron chi connectivity index (χ3n) is 4.73. The molecular formula is C21H21N3OSi. The average molecular weight is 360 g/mol. The van der Waals surface area contributed by atoms with E-state index in [1.54, 1.807) is 0 Å². The van der Waals surface area contributed by atoms with Crippen molar-refractivity contribution in [2.75, 3.05) is 0 Å². The lowest BCUT2D eigenvalue weighted by molar-refractivity contribution is 0.192. The fourth-order valence-electron chi connectivity index (χ4n) is 3.20. The van der Waals surface area contributed by atoms with E-state index < -0.39 is 8.07 Å². The van der Waals surface area contributed by atoms with Crippen LogP contribution in [0.3, 0.4) is 0 Å². The van der Waals surface area contributed by atoms with Crippen molar-refractivity contribution in [2.24, 2.45) is 0 Å². The number of fused-ring (bicyclic) bond motifs is 1. The standard InChI is InChI=1S/C21H21N3OSi/c1-26(2,18-13-7-4-8-14-18)21(25-17-11-5-3-6-12-17)24-20-16-10-9-15-19(20)22-23-24/h3-16,21H,1-2H3. The Balaban J connectivity index is 1.84. The Bertz CT molecular complexity index is 999. The molecule has 0 radical (unpaired) electrons. The maximum Gasteiger partial charge on any atom is 0.180 e. The zero-order valence-electron chi connectivity index (χ0n) is 14.9. The molecule has 0 saturated carbocycles. The van der Waals surface area contributed by atoms with Gasteiger partial charge in [-0.15, -0.1) is 5.10 Å². The van der Waals surface area contributed by atoms with Crippen LogP contribution < -0.4 is 9.92 Å². The summed E-state index contributed by atoms with van der Waals surface area (Å²) in [7, 11) is -2.08. The van der Waals surface area contributed by atoms with Crippen LogP contribution in [0.5, 0.6) is 5.75 Å². The first-order chi connectivity index (χ1) is 12.7. The van der Waals surface area contributed by atoms with Crippen molar-refractivity contribution in [3.05, 3.63) is 84.9 Å². The second-order valence-corrected chi connectivity index (χ2v) is 11.4. The van der Waals surface area contributed by atoms with Crippen LogP contribution in [0.15, 0.2) is 84.9 Å². The highest BCUT2D eigenvalue weighted by molar-refractivity contribution is 6.90. The molecule has 1 heterocycles. The first-order valence-corrected chi connectivity index (χ1v) is 11.8. The maximum absolute atomic E-state index is 6.51. The number of nitrogens with zero attached hydrogens (tertiary/aromatic N) is 3. The highest BCUT2D eigenvalue weighted by Gasteiger charge is 2.39. The first-order valence-electron chi connectivity index (χ1n) is 8.73. The summed E-state index contributed by atoms with van der Waals surface area (Å²) in [6.45, 7) is 4.62. The van der Waals surface area contributed by atoms with Crippen LogP contribution in [-0.4, -0.2) is 23.1 Å². The lowest BCUT2D eigenvalue weighted by atomic mass is 10.3. The normalized spacial score (nSPS) is 12.8. The van der Waals surface area contributed by atoms with Crippen molar-refractivity contribution in [1.82, 2.24) is 15.0 Å². The molecule has 4 nitrogen and oxygen atoms in total. The van der Waals surface area contributed by atoms with Gasteiger partial charge in [0.2, 0.25) is 0 Å². The number of para-hydroxylation sites is 2. The van der Waals surface area contributed by atoms with Crippen molar-refractivity contribution >= 4 is 24.3 Å². The molecule has 0 spiro atoms. The quantitative estimate of drug-likeness (QED) is 0.502. The van der Waals surface area contributed by atoms with Gasteiger partial charge < -0.3 is 4.74 Å². The van der Waals surface area contributed by atoms with Gasteiger partial charge in [0, 0.05) is 0 Å². The fourth-order valence-corrected chi connectivity index (χ4v) is 5.77. The van der Waals surface area contributed by atoms with E-state index in [1.165, 1.54) is 5.19 Å². The summed E-state index contributed by atoms with van der Waals surface area (Å²) in [5.74, 6) is 0.633. The molecule has 1 unspecified atom stereocenters. The zero-order chi connectivity index (χ0) is 18.0. The van der Waals surface area contributed by atoms with Crippen LogP contribution in [0.25, 0.3) is 11.0 Å². The largest absolute Gasteiger partial charge is 0.472 e. The van der Waals surface area contributed by atoms with Gasteiger partial charge in [0.1, 0.15) is 11.3 Å². The van der Waals surface area contributed by atoms with Gasteiger partial charge in [0.15, 0.2) is 13.9 Å². The molecule has 1 aromatic heterocycles. The summed E-state index contributed by atoms with van der Waals surface area (Å²) in [5.41, 5.74) is 1.87. The van der Waals surface area contributed by atoms with Crippen LogP contribution in [0.1, 0.15) is 5.85 Å². The molecule has 0 saturated heterocycles. The molecule has 0 aliphatic heterocycles. The average Bonchev–Trinajstić information content (AvgIpc) is 3.11. The predicted molar refractivity (Wildman–Crippen MR) is 107 cm³/mol. The maximum atomic E-state index is 6.51. The molecular weight excluding hydrogens is 338 g/mol. The summed E-state index contributed by atoms with van der Waals surface area (Å²) in [6.07, 6.45) is 0. The lowest BCUT2D eigenvalue weighted by Gasteiger charge is -2.33. The summed E-state index contributed by atoms with van der Waals surface area (Å²) < 4.78 is 8.45. The minimum Gasteiger partial charge on any atom is -0.472 e. The summed E-state index contributed by atoms with van der Waals surface area (Å²) in [4.78, 5) is 0. The molecule has 0 aliphatic rings. The van der Waals surface area contributed by atoms with Gasteiger partial charge in [-0.25, -0.2) is 4.68 Å². The second kappa shape index (κ2) is 6.76. The van der Waals surface area contributed by atoms with E-state index in [0.717, 1.165) is 16.8 Å². The second-order valence-electron chi connectivity index (χ2n) is 6.89. The smallest absolute Gasteiger partial charge is 0.180 e. The van der Waals surface area contributed by atoms with Crippen LogP contribution in [0, 0.1) is 0 Å². The van der Waals surface area contributed by atoms with Gasteiger partial charge in [-0.05, 0) is 24.3 Å². The highest BCUT2D eigenvalue weighted by atomic mass is 28.3. The summed E-state index contributed by atoms with van der Waals surface area (Å²) in [6, 6.07) is 28.6. The van der Waals surface area contributed by atoms with Crippen LogP contribution in [0.2, 0.25) is 13.1 Å². The molecule has 26 heavy (non-hydrogen) atoms. The Hall–Kier alpha value is -2.92. The van der Waals surface area contributed by atoms with Gasteiger partial charge in [-0.1, -0.05) is 84.2 Å². The third-order valence-corrected chi connectivity index (χ3v) is 8.14. The fraction of sp³-hybridized carbons (Fsp3) is 0.143. The van der Waals surface area contributed by atoms with Crippen molar-refractivity contribution < 1.29 is 4.74 Å². The summed E-state index contributed by atoms with van der Waals surface area (Å²) in [5, 5.41) is 10.1. The highest BCUT2D eigenvalue weighted by Crippen LogP contribution is 2.28. The number of hydrogen-bond acceptors (Lipinski definition) is 3. The number of benzene rings is 3. The van der Waals surface area contributed by atoms with Gasteiger partial charge in [-0.3, -0.25) is 0 Å². The van der Waals surface area contributed by atoms with E-state index in [-0.39, 0.29) is 5.85 Å².